The minimum atomic E-state index is -0.691. The van der Waals surface area contributed by atoms with Crippen molar-refractivity contribution in [1.29, 1.82) is 0 Å². The molecule has 0 bridgehead atoms. The van der Waals surface area contributed by atoms with Crippen molar-refractivity contribution in [3.63, 3.8) is 0 Å². The summed E-state index contributed by atoms with van der Waals surface area (Å²) in [6.45, 7) is 1.80. The van der Waals surface area contributed by atoms with Crippen LogP contribution in [0.15, 0.2) is 67.1 Å². The van der Waals surface area contributed by atoms with Gasteiger partial charge in [-0.25, -0.2) is 8.78 Å². The maximum absolute atomic E-state index is 13.4. The average Bonchev–Trinajstić information content (AvgIpc) is 3.19. The highest BCUT2D eigenvalue weighted by molar-refractivity contribution is 5.96. The van der Waals surface area contributed by atoms with Gasteiger partial charge in [-0.15, -0.1) is 0 Å². The van der Waals surface area contributed by atoms with Crippen molar-refractivity contribution in [3.05, 3.63) is 95.4 Å². The predicted octanol–water partition coefficient (Wildman–Crippen LogP) is 4.79. The van der Waals surface area contributed by atoms with Crippen LogP contribution < -0.4 is 10.1 Å². The number of hydrogen-bond donors (Lipinski definition) is 1. The fourth-order valence-corrected chi connectivity index (χ4v) is 3.22. The molecule has 2 heterocycles. The number of ether oxygens (including phenoxy) is 1. The van der Waals surface area contributed by atoms with E-state index in [0.29, 0.717) is 28.3 Å². The monoisotopic (exact) mass is 434 g/mol. The highest BCUT2D eigenvalue weighted by atomic mass is 19.1. The van der Waals surface area contributed by atoms with Crippen molar-refractivity contribution >= 4 is 5.91 Å². The van der Waals surface area contributed by atoms with Crippen LogP contribution in [0.4, 0.5) is 8.78 Å². The fourth-order valence-electron chi connectivity index (χ4n) is 3.22. The van der Waals surface area contributed by atoms with E-state index >= 15 is 0 Å². The Morgan fingerprint density at radius 2 is 1.81 bits per heavy atom. The lowest BCUT2D eigenvalue weighted by Crippen LogP contribution is -2.23. The Balaban J connectivity index is 1.49. The van der Waals surface area contributed by atoms with Gasteiger partial charge >= 0.3 is 0 Å². The zero-order chi connectivity index (χ0) is 22.7. The average molecular weight is 434 g/mol. The Morgan fingerprint density at radius 3 is 2.53 bits per heavy atom. The Kier molecular flexibility index (Phi) is 5.93. The third-order valence-electron chi connectivity index (χ3n) is 4.80. The first-order valence-corrected chi connectivity index (χ1v) is 9.84. The summed E-state index contributed by atoms with van der Waals surface area (Å²) >= 11 is 0. The minimum Gasteiger partial charge on any atom is -0.457 e. The van der Waals surface area contributed by atoms with Crippen LogP contribution in [0, 0.1) is 18.6 Å². The van der Waals surface area contributed by atoms with Crippen LogP contribution in [0.2, 0.25) is 0 Å². The number of aryl methyl sites for hydroxylation is 2. The molecule has 4 aromatic rings. The van der Waals surface area contributed by atoms with Crippen LogP contribution in [0.1, 0.15) is 21.5 Å². The molecule has 2 aromatic carbocycles. The molecule has 2 aromatic heterocycles. The Labute approximate surface area is 183 Å². The number of nitrogens with zero attached hydrogens (tertiary/aromatic N) is 3. The van der Waals surface area contributed by atoms with Gasteiger partial charge in [-0.05, 0) is 48.4 Å². The normalized spacial score (nSPS) is 10.8. The molecule has 0 unspecified atom stereocenters. The van der Waals surface area contributed by atoms with Crippen molar-refractivity contribution in [2.24, 2.45) is 7.05 Å². The molecule has 4 rings (SSSR count). The lowest BCUT2D eigenvalue weighted by atomic mass is 10.1. The summed E-state index contributed by atoms with van der Waals surface area (Å²) < 4.78 is 34.3. The number of hydrogen-bond acceptors (Lipinski definition) is 4. The molecule has 0 saturated carbocycles. The van der Waals surface area contributed by atoms with Gasteiger partial charge in [-0.2, -0.15) is 5.10 Å². The fraction of sp³-hybridized carbons (Fsp3) is 0.125. The second-order valence-corrected chi connectivity index (χ2v) is 7.32. The topological polar surface area (TPSA) is 69.0 Å². The molecule has 32 heavy (non-hydrogen) atoms. The minimum absolute atomic E-state index is 0.00311. The van der Waals surface area contributed by atoms with E-state index in [1.165, 1.54) is 12.1 Å². The molecule has 0 fully saturated rings. The van der Waals surface area contributed by atoms with Gasteiger partial charge in [0.05, 0.1) is 11.9 Å². The summed E-state index contributed by atoms with van der Waals surface area (Å²) in [5.41, 5.74) is 3.05. The number of benzene rings is 2. The van der Waals surface area contributed by atoms with Gasteiger partial charge in [0.15, 0.2) is 0 Å². The molecule has 0 aliphatic rings. The van der Waals surface area contributed by atoms with E-state index < -0.39 is 11.6 Å². The first-order valence-electron chi connectivity index (χ1n) is 9.84. The number of carbonyl (C=O) groups is 1. The second-order valence-electron chi connectivity index (χ2n) is 7.32. The zero-order valence-electron chi connectivity index (χ0n) is 17.5. The zero-order valence-corrected chi connectivity index (χ0v) is 17.5. The van der Waals surface area contributed by atoms with Crippen LogP contribution in [0.25, 0.3) is 11.3 Å². The van der Waals surface area contributed by atoms with Crippen LogP contribution in [-0.2, 0) is 13.6 Å². The summed E-state index contributed by atoms with van der Waals surface area (Å²) in [5, 5.41) is 6.83. The van der Waals surface area contributed by atoms with E-state index in [4.69, 9.17) is 4.74 Å². The largest absolute Gasteiger partial charge is 0.457 e. The van der Waals surface area contributed by atoms with Crippen LogP contribution in [0.3, 0.4) is 0 Å². The first kappa shape index (κ1) is 21.2. The predicted molar refractivity (Wildman–Crippen MR) is 115 cm³/mol. The van der Waals surface area contributed by atoms with Crippen LogP contribution in [0.5, 0.6) is 11.5 Å². The number of rotatable bonds is 6. The van der Waals surface area contributed by atoms with E-state index in [9.17, 15) is 13.6 Å². The standard InChI is InChI=1S/C24H20F2N4O2/c1-15-3-4-20(32-21-5-6-27-23(11-21)17-13-29-30(2)14-17)10-22(15)24(31)28-12-16-7-18(25)9-19(26)8-16/h3-11,13-14H,12H2,1-2H3,(H,28,31). The summed E-state index contributed by atoms with van der Waals surface area (Å²) in [5.74, 6) is -0.721. The molecule has 0 radical (unpaired) electrons. The number of pyridine rings is 1. The first-order chi connectivity index (χ1) is 15.4. The Bertz CT molecular complexity index is 1270. The molecule has 0 aliphatic carbocycles. The lowest BCUT2D eigenvalue weighted by molar-refractivity contribution is 0.0950. The van der Waals surface area contributed by atoms with Crippen LogP contribution >= 0.6 is 0 Å². The molecule has 1 amide bonds. The van der Waals surface area contributed by atoms with Gasteiger partial charge in [0.25, 0.3) is 5.91 Å². The molecule has 162 valence electrons. The van der Waals surface area contributed by atoms with E-state index in [0.717, 1.165) is 17.2 Å². The van der Waals surface area contributed by atoms with Crippen molar-refractivity contribution in [2.75, 3.05) is 0 Å². The molecule has 0 spiro atoms. The molecule has 0 saturated heterocycles. The van der Waals surface area contributed by atoms with E-state index in [1.807, 2.05) is 13.2 Å². The Morgan fingerprint density at radius 1 is 1.06 bits per heavy atom. The van der Waals surface area contributed by atoms with E-state index in [2.05, 4.69) is 15.4 Å². The highest BCUT2D eigenvalue weighted by Crippen LogP contribution is 2.27. The number of halogens is 2. The third kappa shape index (κ3) is 4.97. The quantitative estimate of drug-likeness (QED) is 0.474. The molecule has 6 nitrogen and oxygen atoms in total. The van der Waals surface area contributed by atoms with E-state index in [1.54, 1.807) is 54.3 Å². The molecule has 1 N–H and O–H groups in total. The summed E-state index contributed by atoms with van der Waals surface area (Å²) in [6.07, 6.45) is 5.20. The number of amides is 1. The number of carbonyl (C=O) groups excluding carboxylic acids is 1. The van der Waals surface area contributed by atoms with Gasteiger partial charge in [-0.3, -0.25) is 14.5 Å². The smallest absolute Gasteiger partial charge is 0.251 e. The highest BCUT2D eigenvalue weighted by Gasteiger charge is 2.12. The van der Waals surface area contributed by atoms with E-state index in [-0.39, 0.29) is 12.5 Å². The van der Waals surface area contributed by atoms with Gasteiger partial charge in [0, 0.05) is 49.2 Å². The summed E-state index contributed by atoms with van der Waals surface area (Å²) in [4.78, 5) is 17.0. The molecule has 8 heteroatoms. The van der Waals surface area contributed by atoms with Crippen molar-refractivity contribution in [1.82, 2.24) is 20.1 Å². The SMILES string of the molecule is Cc1ccc(Oc2ccnc(-c3cnn(C)c3)c2)cc1C(=O)NCc1cc(F)cc(F)c1. The number of aromatic nitrogens is 3. The van der Waals surface area contributed by atoms with Gasteiger partial charge in [0.1, 0.15) is 23.1 Å². The molecular formula is C24H20F2N4O2. The van der Waals surface area contributed by atoms with Crippen molar-refractivity contribution < 1.29 is 18.3 Å². The third-order valence-corrected chi connectivity index (χ3v) is 4.80. The maximum atomic E-state index is 13.4. The van der Waals surface area contributed by atoms with Gasteiger partial charge in [-0.1, -0.05) is 6.07 Å². The van der Waals surface area contributed by atoms with Crippen molar-refractivity contribution in [2.45, 2.75) is 13.5 Å². The number of nitrogens with one attached hydrogen (secondary N) is 1. The molecular weight excluding hydrogens is 414 g/mol. The lowest BCUT2D eigenvalue weighted by Gasteiger charge is -2.11. The second kappa shape index (κ2) is 8.97. The Hall–Kier alpha value is -4.07. The summed E-state index contributed by atoms with van der Waals surface area (Å²) in [7, 11) is 1.83. The van der Waals surface area contributed by atoms with Crippen molar-refractivity contribution in [3.8, 4) is 22.8 Å². The summed E-state index contributed by atoms with van der Waals surface area (Å²) in [6, 6.07) is 11.8. The molecule has 0 atom stereocenters. The van der Waals surface area contributed by atoms with Gasteiger partial charge < -0.3 is 10.1 Å². The van der Waals surface area contributed by atoms with Gasteiger partial charge in [0.2, 0.25) is 0 Å². The maximum Gasteiger partial charge on any atom is 0.251 e. The van der Waals surface area contributed by atoms with Crippen LogP contribution in [-0.4, -0.2) is 20.7 Å². The molecule has 0 aliphatic heterocycles.